The third kappa shape index (κ3) is 9.75. The van der Waals surface area contributed by atoms with Crippen molar-refractivity contribution < 1.29 is 14.4 Å². The second kappa shape index (κ2) is 14.8. The zero-order chi connectivity index (χ0) is 21.5. The van der Waals surface area contributed by atoms with E-state index >= 15 is 0 Å². The first-order chi connectivity index (χ1) is 14.0. The molecule has 0 amide bonds. The van der Waals surface area contributed by atoms with Crippen LogP contribution in [0.4, 0.5) is 0 Å². The number of Topliss-reactive ketones (excluding diaryl/α,β-unsaturated/α-hetero) is 2. The molecule has 7 heteroatoms. The average Bonchev–Trinajstić information content (AvgIpc) is 3.30. The lowest BCUT2D eigenvalue weighted by atomic mass is 10.0. The Kier molecular flexibility index (Phi) is 12.7. The second-order valence-electron chi connectivity index (χ2n) is 5.72. The van der Waals surface area contributed by atoms with Gasteiger partial charge < -0.3 is 4.84 Å². The molecular formula is C22H22Cl3NO3. The first-order valence-corrected chi connectivity index (χ1v) is 10.3. The Bertz CT molecular complexity index is 789. The molecule has 1 aliphatic heterocycles. The molecule has 3 rings (SSSR count). The summed E-state index contributed by atoms with van der Waals surface area (Å²) in [5.41, 5.74) is 2.63. The molecule has 0 fully saturated rings. The molecular weight excluding hydrogens is 433 g/mol. The largest absolute Gasteiger partial charge is 0.387 e. The summed E-state index contributed by atoms with van der Waals surface area (Å²) < 4.78 is 0. The van der Waals surface area contributed by atoms with Gasteiger partial charge in [0.2, 0.25) is 0 Å². The van der Waals surface area contributed by atoms with E-state index in [0.29, 0.717) is 12.1 Å². The van der Waals surface area contributed by atoms with Crippen LogP contribution < -0.4 is 0 Å². The Morgan fingerprint density at radius 3 is 1.93 bits per heavy atom. The van der Waals surface area contributed by atoms with Crippen LogP contribution in [0.25, 0.3) is 6.08 Å². The minimum Gasteiger partial charge on any atom is -0.387 e. The lowest BCUT2D eigenvalue weighted by Crippen LogP contribution is -2.13. The molecule has 4 nitrogen and oxygen atoms in total. The Labute approximate surface area is 186 Å². The van der Waals surface area contributed by atoms with Crippen molar-refractivity contribution in [1.29, 1.82) is 0 Å². The van der Waals surface area contributed by atoms with Gasteiger partial charge in [-0.15, -0.1) is 34.8 Å². The maximum Gasteiger partial charge on any atom is 0.195 e. The van der Waals surface area contributed by atoms with Gasteiger partial charge in [0.05, 0.1) is 17.6 Å². The molecule has 154 valence electrons. The van der Waals surface area contributed by atoms with Crippen molar-refractivity contribution in [3.63, 3.8) is 0 Å². The summed E-state index contributed by atoms with van der Waals surface area (Å²) in [7, 11) is 0. The first kappa shape index (κ1) is 24.9. The topological polar surface area (TPSA) is 55.7 Å². The monoisotopic (exact) mass is 453 g/mol. The fourth-order valence-electron chi connectivity index (χ4n) is 2.09. The predicted molar refractivity (Wildman–Crippen MR) is 121 cm³/mol. The van der Waals surface area contributed by atoms with Crippen LogP contribution >= 0.6 is 34.8 Å². The zero-order valence-corrected chi connectivity index (χ0v) is 18.0. The van der Waals surface area contributed by atoms with Crippen molar-refractivity contribution >= 4 is 58.2 Å². The lowest BCUT2D eigenvalue weighted by Gasteiger charge is -2.06. The first-order valence-electron chi connectivity index (χ1n) is 8.73. The Hall–Kier alpha value is -2.14. The van der Waals surface area contributed by atoms with Crippen molar-refractivity contribution in [1.82, 2.24) is 0 Å². The molecule has 1 atom stereocenters. The molecule has 0 aromatic heterocycles. The number of hydrogen-bond donors (Lipinski definition) is 0. The normalized spacial score (nSPS) is 14.2. The van der Waals surface area contributed by atoms with E-state index in [0.717, 1.165) is 5.56 Å². The molecule has 0 spiro atoms. The average molecular weight is 455 g/mol. The number of rotatable bonds is 6. The van der Waals surface area contributed by atoms with Gasteiger partial charge in [-0.3, -0.25) is 9.59 Å². The Balaban J connectivity index is 0.000000252. The van der Waals surface area contributed by atoms with E-state index in [4.69, 9.17) is 39.6 Å². The van der Waals surface area contributed by atoms with Crippen LogP contribution in [0, 0.1) is 0 Å². The highest BCUT2D eigenvalue weighted by molar-refractivity contribution is 6.49. The maximum absolute atomic E-state index is 11.2. The SMILES string of the molecule is C=Cc1ccccc1.O=C(CCl)C1=NOC(c2ccccc2)C1.O=C(CCl)CCl. The van der Waals surface area contributed by atoms with Gasteiger partial charge in [0.15, 0.2) is 17.7 Å². The molecule has 0 N–H and O–H groups in total. The quantitative estimate of drug-likeness (QED) is 0.528. The lowest BCUT2D eigenvalue weighted by molar-refractivity contribution is -0.114. The fourth-order valence-corrected chi connectivity index (χ4v) is 2.53. The number of ketones is 2. The summed E-state index contributed by atoms with van der Waals surface area (Å²) in [4.78, 5) is 26.3. The zero-order valence-electron chi connectivity index (χ0n) is 15.8. The maximum atomic E-state index is 11.2. The van der Waals surface area contributed by atoms with E-state index in [1.54, 1.807) is 0 Å². The number of alkyl halides is 3. The highest BCUT2D eigenvalue weighted by Gasteiger charge is 2.26. The van der Waals surface area contributed by atoms with Crippen LogP contribution in [-0.2, 0) is 14.4 Å². The van der Waals surface area contributed by atoms with Crippen molar-refractivity contribution in [2.75, 3.05) is 17.6 Å². The molecule has 0 saturated heterocycles. The smallest absolute Gasteiger partial charge is 0.195 e. The summed E-state index contributed by atoms with van der Waals surface area (Å²) >= 11 is 15.5. The summed E-state index contributed by atoms with van der Waals surface area (Å²) in [5, 5.41) is 3.75. The number of halogens is 3. The molecule has 1 aliphatic rings. The molecule has 0 radical (unpaired) electrons. The van der Waals surface area contributed by atoms with Gasteiger partial charge in [0.25, 0.3) is 0 Å². The van der Waals surface area contributed by atoms with Crippen molar-refractivity contribution in [2.24, 2.45) is 5.16 Å². The van der Waals surface area contributed by atoms with Crippen molar-refractivity contribution in [3.05, 3.63) is 78.4 Å². The number of benzene rings is 2. The molecule has 2 aromatic carbocycles. The van der Waals surface area contributed by atoms with Crippen LogP contribution in [0.1, 0.15) is 23.7 Å². The molecule has 1 heterocycles. The van der Waals surface area contributed by atoms with Crippen molar-refractivity contribution in [2.45, 2.75) is 12.5 Å². The number of carbonyl (C=O) groups excluding carboxylic acids is 2. The molecule has 2 aromatic rings. The minimum atomic E-state index is -0.157. The number of oxime groups is 1. The van der Waals surface area contributed by atoms with Gasteiger partial charge in [-0.05, 0) is 11.1 Å². The van der Waals surface area contributed by atoms with Crippen LogP contribution in [0.5, 0.6) is 0 Å². The Morgan fingerprint density at radius 2 is 1.52 bits per heavy atom. The summed E-state index contributed by atoms with van der Waals surface area (Å²) in [6.45, 7) is 3.63. The Morgan fingerprint density at radius 1 is 0.966 bits per heavy atom. The molecule has 1 unspecified atom stereocenters. The highest BCUT2D eigenvalue weighted by atomic mass is 35.5. The van der Waals surface area contributed by atoms with Gasteiger partial charge in [0, 0.05) is 6.42 Å². The van der Waals surface area contributed by atoms with Gasteiger partial charge in [-0.25, -0.2) is 0 Å². The molecule has 0 saturated carbocycles. The minimum absolute atomic E-state index is 0.0312. The highest BCUT2D eigenvalue weighted by Crippen LogP contribution is 2.27. The van der Waals surface area contributed by atoms with Crippen LogP contribution in [0.2, 0.25) is 0 Å². The van der Waals surface area contributed by atoms with E-state index < -0.39 is 0 Å². The second-order valence-corrected chi connectivity index (χ2v) is 6.53. The van der Waals surface area contributed by atoms with E-state index in [1.165, 1.54) is 5.56 Å². The third-order valence-electron chi connectivity index (χ3n) is 3.62. The summed E-state index contributed by atoms with van der Waals surface area (Å²) in [5.74, 6) is -0.259. The standard InChI is InChI=1S/C11H10ClNO2.C8H8.C3H4Cl2O/c12-7-10(14)9-6-11(15-13-9)8-4-2-1-3-5-8;1-2-8-6-4-3-5-7-8;4-1-3(6)2-5/h1-5,11H,6-7H2;2-7H,1H2;1-2H2. The molecule has 29 heavy (non-hydrogen) atoms. The van der Waals surface area contributed by atoms with E-state index in [2.05, 4.69) is 11.7 Å². The van der Waals surface area contributed by atoms with Crippen LogP contribution in [-0.4, -0.2) is 34.9 Å². The van der Waals surface area contributed by atoms with Gasteiger partial charge in [-0.1, -0.05) is 78.5 Å². The molecule has 0 aliphatic carbocycles. The number of hydrogen-bond acceptors (Lipinski definition) is 4. The van der Waals surface area contributed by atoms with Crippen LogP contribution in [0.15, 0.2) is 72.4 Å². The predicted octanol–water partition coefficient (Wildman–Crippen LogP) is 5.67. The van der Waals surface area contributed by atoms with Crippen molar-refractivity contribution in [3.8, 4) is 0 Å². The molecule has 0 bridgehead atoms. The summed E-state index contributed by atoms with van der Waals surface area (Å²) in [6.07, 6.45) is 2.20. The number of carbonyl (C=O) groups is 2. The van der Waals surface area contributed by atoms with Crippen LogP contribution in [0.3, 0.4) is 0 Å². The third-order valence-corrected chi connectivity index (χ3v) is 4.46. The van der Waals surface area contributed by atoms with Gasteiger partial charge >= 0.3 is 0 Å². The van der Waals surface area contributed by atoms with E-state index in [-0.39, 0.29) is 35.3 Å². The number of nitrogens with zero attached hydrogens (tertiary/aromatic N) is 1. The van der Waals surface area contributed by atoms with E-state index in [9.17, 15) is 9.59 Å². The fraction of sp³-hybridized carbons (Fsp3) is 0.227. The van der Waals surface area contributed by atoms with Gasteiger partial charge in [0.1, 0.15) is 5.71 Å². The van der Waals surface area contributed by atoms with Gasteiger partial charge in [-0.2, -0.15) is 0 Å². The summed E-state index contributed by atoms with van der Waals surface area (Å²) in [6, 6.07) is 19.7. The van der Waals surface area contributed by atoms with E-state index in [1.807, 2.05) is 66.7 Å².